The van der Waals surface area contributed by atoms with E-state index in [4.69, 9.17) is 9.47 Å². The highest BCUT2D eigenvalue weighted by atomic mass is 16.5. The topological polar surface area (TPSA) is 89.0 Å². The van der Waals surface area contributed by atoms with Crippen LogP contribution in [0.1, 0.15) is 30.0 Å². The minimum atomic E-state index is -0.309. The summed E-state index contributed by atoms with van der Waals surface area (Å²) in [7, 11) is 3.46. The Bertz CT molecular complexity index is 1330. The van der Waals surface area contributed by atoms with Gasteiger partial charge in [-0.1, -0.05) is 25.1 Å². The summed E-state index contributed by atoms with van der Waals surface area (Å²) >= 11 is 0. The normalized spacial score (nSPS) is 11.1. The molecule has 2 heterocycles. The Morgan fingerprint density at radius 3 is 2.45 bits per heavy atom. The van der Waals surface area contributed by atoms with Crippen LogP contribution in [-0.4, -0.2) is 36.2 Å². The number of para-hydroxylation sites is 1. The summed E-state index contributed by atoms with van der Waals surface area (Å²) in [6.07, 6.45) is 0.944. The monoisotopic (exact) mass is 448 g/mol. The zero-order chi connectivity index (χ0) is 23.5. The van der Waals surface area contributed by atoms with Gasteiger partial charge in [0, 0.05) is 30.8 Å². The van der Waals surface area contributed by atoms with Crippen molar-refractivity contribution in [3.05, 3.63) is 69.6 Å². The van der Waals surface area contributed by atoms with Gasteiger partial charge in [-0.3, -0.25) is 0 Å². The van der Waals surface area contributed by atoms with Crippen LogP contribution >= 0.6 is 0 Å². The molecule has 0 aliphatic heterocycles. The fourth-order valence-corrected chi connectivity index (χ4v) is 3.71. The Morgan fingerprint density at radius 2 is 1.76 bits per heavy atom. The van der Waals surface area contributed by atoms with E-state index in [0.717, 1.165) is 46.0 Å². The third-order valence-electron chi connectivity index (χ3n) is 5.44. The fraction of sp³-hybridized carbons (Fsp3) is 0.333. The summed E-state index contributed by atoms with van der Waals surface area (Å²) in [6.45, 7) is 7.06. The lowest BCUT2D eigenvalue weighted by Gasteiger charge is -2.13. The molecule has 2 aromatic heterocycles. The first kappa shape index (κ1) is 22.3. The van der Waals surface area contributed by atoms with Crippen LogP contribution in [0.3, 0.4) is 0 Å². The number of hydrogen-bond acceptors (Lipinski definition) is 6. The lowest BCUT2D eigenvalue weighted by molar-refractivity contribution is 0.288. The molecular weight excluding hydrogens is 420 g/mol. The molecule has 0 N–H and O–H groups in total. The zero-order valence-electron chi connectivity index (χ0n) is 19.6. The van der Waals surface area contributed by atoms with Crippen LogP contribution in [0.15, 0.2) is 47.3 Å². The third-order valence-corrected chi connectivity index (χ3v) is 5.44. The van der Waals surface area contributed by atoms with Gasteiger partial charge in [-0.15, -0.1) is 0 Å². The molecule has 0 spiro atoms. The van der Waals surface area contributed by atoms with E-state index in [-0.39, 0.29) is 12.3 Å². The van der Waals surface area contributed by atoms with Crippen LogP contribution in [0, 0.1) is 13.8 Å². The van der Waals surface area contributed by atoms with Crippen molar-refractivity contribution < 1.29 is 9.47 Å². The smallest absolute Gasteiger partial charge is 0.368 e. The number of nitrogens with zero attached hydrogens (tertiary/aromatic N) is 6. The van der Waals surface area contributed by atoms with Crippen LogP contribution in [0.4, 0.5) is 0 Å². The van der Waals surface area contributed by atoms with E-state index in [0.29, 0.717) is 12.3 Å². The highest BCUT2D eigenvalue weighted by molar-refractivity contribution is 5.67. The molecule has 2 aromatic carbocycles. The van der Waals surface area contributed by atoms with Crippen molar-refractivity contribution in [3.8, 4) is 28.6 Å². The van der Waals surface area contributed by atoms with Gasteiger partial charge in [0.2, 0.25) is 5.88 Å². The quantitative estimate of drug-likeness (QED) is 0.411. The second-order valence-corrected chi connectivity index (χ2v) is 7.95. The predicted octanol–water partition coefficient (Wildman–Crippen LogP) is 3.35. The van der Waals surface area contributed by atoms with Gasteiger partial charge in [0.25, 0.3) is 0 Å². The van der Waals surface area contributed by atoms with Crippen molar-refractivity contribution in [2.45, 2.75) is 33.8 Å². The van der Waals surface area contributed by atoms with Crippen molar-refractivity contribution in [2.24, 2.45) is 14.1 Å². The molecule has 0 amide bonds. The Balaban J connectivity index is 1.56. The zero-order valence-corrected chi connectivity index (χ0v) is 19.6. The maximum absolute atomic E-state index is 12.3. The Hall–Kier alpha value is -3.88. The minimum absolute atomic E-state index is 0.289. The molecule has 0 radical (unpaired) electrons. The molecule has 9 nitrogen and oxygen atoms in total. The molecule has 4 rings (SSSR count). The summed E-state index contributed by atoms with van der Waals surface area (Å²) in [6, 6.07) is 13.5. The van der Waals surface area contributed by atoms with Gasteiger partial charge >= 0.3 is 5.69 Å². The first-order chi connectivity index (χ1) is 15.9. The van der Waals surface area contributed by atoms with Gasteiger partial charge in [0.1, 0.15) is 12.4 Å². The minimum Gasteiger partial charge on any atom is -0.489 e. The number of ether oxygens (including phenoxy) is 2. The number of aromatic nitrogens is 6. The Labute approximate surface area is 192 Å². The highest BCUT2D eigenvalue weighted by Crippen LogP contribution is 2.32. The van der Waals surface area contributed by atoms with Gasteiger partial charge in [0.05, 0.1) is 18.0 Å². The van der Waals surface area contributed by atoms with Crippen LogP contribution in [0.25, 0.3) is 16.9 Å². The van der Waals surface area contributed by atoms with E-state index in [1.165, 1.54) is 9.36 Å². The molecule has 0 fully saturated rings. The lowest BCUT2D eigenvalue weighted by Crippen LogP contribution is -2.23. The van der Waals surface area contributed by atoms with Gasteiger partial charge in [-0.2, -0.15) is 14.5 Å². The van der Waals surface area contributed by atoms with Gasteiger partial charge in [-0.05, 0) is 60.5 Å². The summed E-state index contributed by atoms with van der Waals surface area (Å²) in [5.74, 6) is 1.55. The van der Waals surface area contributed by atoms with E-state index in [2.05, 4.69) is 28.5 Å². The molecule has 0 aliphatic rings. The van der Waals surface area contributed by atoms with Crippen molar-refractivity contribution in [1.29, 1.82) is 0 Å². The lowest BCUT2D eigenvalue weighted by atomic mass is 10.1. The van der Waals surface area contributed by atoms with Crippen molar-refractivity contribution in [3.63, 3.8) is 0 Å². The second-order valence-electron chi connectivity index (χ2n) is 7.95. The largest absolute Gasteiger partial charge is 0.489 e. The average Bonchev–Trinajstić information content (AvgIpc) is 3.29. The SMILES string of the molecule is CCCOc1c(C)c(-c2ccc(OCc3ccccc3-n3nnn(C)c3=O)c(C)c2)nn1C. The van der Waals surface area contributed by atoms with Crippen LogP contribution < -0.4 is 15.2 Å². The third kappa shape index (κ3) is 4.39. The summed E-state index contributed by atoms with van der Waals surface area (Å²) in [5.41, 5.74) is 5.08. The van der Waals surface area contributed by atoms with Crippen LogP contribution in [-0.2, 0) is 20.7 Å². The summed E-state index contributed by atoms with van der Waals surface area (Å²) in [5, 5.41) is 12.4. The number of aryl methyl sites for hydroxylation is 3. The molecule has 0 atom stereocenters. The first-order valence-corrected chi connectivity index (χ1v) is 10.9. The predicted molar refractivity (Wildman–Crippen MR) is 125 cm³/mol. The fourth-order valence-electron chi connectivity index (χ4n) is 3.71. The second kappa shape index (κ2) is 9.32. The van der Waals surface area contributed by atoms with Gasteiger partial charge in [0.15, 0.2) is 0 Å². The maximum Gasteiger partial charge on any atom is 0.368 e. The first-order valence-electron chi connectivity index (χ1n) is 10.9. The molecule has 0 bridgehead atoms. The number of benzene rings is 2. The van der Waals surface area contributed by atoms with Crippen molar-refractivity contribution in [2.75, 3.05) is 6.61 Å². The summed E-state index contributed by atoms with van der Waals surface area (Å²) < 4.78 is 16.2. The molecule has 4 aromatic rings. The molecule has 0 saturated carbocycles. The summed E-state index contributed by atoms with van der Waals surface area (Å²) in [4.78, 5) is 12.3. The average molecular weight is 449 g/mol. The maximum atomic E-state index is 12.3. The molecule has 0 aliphatic carbocycles. The molecule has 172 valence electrons. The number of hydrogen-bond donors (Lipinski definition) is 0. The number of tetrazole rings is 1. The Kier molecular flexibility index (Phi) is 6.30. The van der Waals surface area contributed by atoms with Crippen LogP contribution in [0.5, 0.6) is 11.6 Å². The number of rotatable bonds is 8. The van der Waals surface area contributed by atoms with E-state index >= 15 is 0 Å². The molecule has 9 heteroatoms. The van der Waals surface area contributed by atoms with Crippen molar-refractivity contribution in [1.82, 2.24) is 29.6 Å². The van der Waals surface area contributed by atoms with Crippen molar-refractivity contribution >= 4 is 0 Å². The van der Waals surface area contributed by atoms with Gasteiger partial charge in [-0.25, -0.2) is 9.48 Å². The van der Waals surface area contributed by atoms with Gasteiger partial charge < -0.3 is 9.47 Å². The molecule has 0 saturated heterocycles. The van der Waals surface area contributed by atoms with E-state index in [9.17, 15) is 4.79 Å². The van der Waals surface area contributed by atoms with Crippen LogP contribution in [0.2, 0.25) is 0 Å². The highest BCUT2D eigenvalue weighted by Gasteiger charge is 2.16. The Morgan fingerprint density at radius 1 is 0.970 bits per heavy atom. The molecule has 33 heavy (non-hydrogen) atoms. The molecular formula is C24H28N6O3. The van der Waals surface area contributed by atoms with E-state index in [1.807, 2.05) is 57.3 Å². The van der Waals surface area contributed by atoms with E-state index < -0.39 is 0 Å². The molecule has 0 unspecified atom stereocenters. The standard InChI is InChI=1S/C24H28N6O3/c1-6-13-32-23-17(3)22(25-28(23)4)18-11-12-21(16(2)14-18)33-15-19-9-7-8-10-20(19)30-24(31)29(5)26-27-30/h7-12,14H,6,13,15H2,1-5H3. The van der Waals surface area contributed by atoms with E-state index in [1.54, 1.807) is 11.7 Å².